The van der Waals surface area contributed by atoms with Crippen LogP contribution in [0.1, 0.15) is 54.4 Å². The molecule has 0 spiro atoms. The lowest BCUT2D eigenvalue weighted by Gasteiger charge is -2.26. The highest BCUT2D eigenvalue weighted by Crippen LogP contribution is 2.09. The minimum Gasteiger partial charge on any atom is -0.345 e. The van der Waals surface area contributed by atoms with Crippen LogP contribution in [0, 0.1) is 17.8 Å². The normalized spacial score (nSPS) is 15.2. The average Bonchev–Trinajstić information content (AvgIpc) is 2.47. The molecule has 0 radical (unpaired) electrons. The minimum absolute atomic E-state index is 0.00727. The van der Waals surface area contributed by atoms with Crippen LogP contribution in [0.25, 0.3) is 0 Å². The first kappa shape index (κ1) is 22.6. The van der Waals surface area contributed by atoms with E-state index in [-0.39, 0.29) is 29.7 Å². The maximum absolute atomic E-state index is 12.5. The Balaban J connectivity index is 5.01. The van der Waals surface area contributed by atoms with Crippen molar-refractivity contribution in [3.05, 3.63) is 0 Å². The lowest BCUT2D eigenvalue weighted by atomic mass is 9.99. The molecule has 0 fully saturated rings. The predicted octanol–water partition coefficient (Wildman–Crippen LogP) is 1.49. The van der Waals surface area contributed by atoms with Gasteiger partial charge in [-0.15, -0.1) is 0 Å². The van der Waals surface area contributed by atoms with E-state index in [0.717, 1.165) is 6.29 Å². The topological polar surface area (TPSA) is 87.3 Å². The molecule has 2 amide bonds. The zero-order valence-corrected chi connectivity index (χ0v) is 16.2. The Kier molecular flexibility index (Phi) is 10.5. The second-order valence-corrected chi connectivity index (χ2v) is 7.58. The third-order valence-electron chi connectivity index (χ3n) is 3.89. The molecule has 0 saturated carbocycles. The van der Waals surface area contributed by atoms with Crippen LogP contribution in [0.4, 0.5) is 0 Å². The number of carbonyl (C=O) groups is 3. The van der Waals surface area contributed by atoms with E-state index >= 15 is 0 Å². The maximum atomic E-state index is 12.5. The summed E-state index contributed by atoms with van der Waals surface area (Å²) in [6, 6.07) is -1.51. The number of nitrogens with one attached hydrogen (secondary N) is 3. The molecule has 0 heterocycles. The fourth-order valence-corrected chi connectivity index (χ4v) is 2.43. The van der Waals surface area contributed by atoms with Crippen LogP contribution >= 0.6 is 0 Å². The quantitative estimate of drug-likeness (QED) is 0.497. The Labute approximate surface area is 146 Å². The van der Waals surface area contributed by atoms with Gasteiger partial charge in [-0.1, -0.05) is 41.5 Å². The van der Waals surface area contributed by atoms with Crippen molar-refractivity contribution in [2.24, 2.45) is 17.8 Å². The zero-order valence-electron chi connectivity index (χ0n) is 16.2. The molecule has 3 N–H and O–H groups in total. The van der Waals surface area contributed by atoms with Crippen LogP contribution in [0.3, 0.4) is 0 Å². The second-order valence-electron chi connectivity index (χ2n) is 7.58. The highest BCUT2D eigenvalue weighted by Gasteiger charge is 2.27. The van der Waals surface area contributed by atoms with Crippen LogP contribution < -0.4 is 16.0 Å². The summed E-state index contributed by atoms with van der Waals surface area (Å²) in [6.45, 7) is 11.8. The molecular formula is C18H35N3O3. The molecule has 24 heavy (non-hydrogen) atoms. The number of likely N-dealkylation sites (N-methyl/N-ethyl adjacent to an activating group) is 1. The standard InChI is InChI=1S/C18H35N3O3/c1-11(2)8-14(19-7)17(23)20-15(9-12(3)4)18(24)21-16(10-22)13(5)6/h10-16,19H,8-9H2,1-7H3,(H,20,23)(H,21,24)/t14-,15-,16+/m0/s1. The Morgan fingerprint density at radius 3 is 1.67 bits per heavy atom. The van der Waals surface area contributed by atoms with E-state index in [4.69, 9.17) is 0 Å². The molecule has 0 aromatic carbocycles. The summed E-state index contributed by atoms with van der Waals surface area (Å²) in [4.78, 5) is 36.1. The summed E-state index contributed by atoms with van der Waals surface area (Å²) in [5, 5.41) is 8.58. The minimum atomic E-state index is -0.637. The van der Waals surface area contributed by atoms with E-state index in [1.807, 2.05) is 41.5 Å². The fraction of sp³-hybridized carbons (Fsp3) is 0.833. The van der Waals surface area contributed by atoms with Gasteiger partial charge in [-0.2, -0.15) is 0 Å². The van der Waals surface area contributed by atoms with Gasteiger partial charge in [0.25, 0.3) is 0 Å². The Morgan fingerprint density at radius 1 is 0.833 bits per heavy atom. The van der Waals surface area contributed by atoms with Gasteiger partial charge >= 0.3 is 0 Å². The summed E-state index contributed by atoms with van der Waals surface area (Å²) >= 11 is 0. The summed E-state index contributed by atoms with van der Waals surface area (Å²) in [5.41, 5.74) is 0. The van der Waals surface area contributed by atoms with Crippen molar-refractivity contribution in [1.82, 2.24) is 16.0 Å². The number of amides is 2. The van der Waals surface area contributed by atoms with Crippen LogP contribution in [-0.4, -0.2) is 43.3 Å². The van der Waals surface area contributed by atoms with Crippen molar-refractivity contribution in [1.29, 1.82) is 0 Å². The molecule has 3 atom stereocenters. The summed E-state index contributed by atoms with van der Waals surface area (Å²) in [7, 11) is 1.74. The summed E-state index contributed by atoms with van der Waals surface area (Å²) < 4.78 is 0. The van der Waals surface area contributed by atoms with Crippen molar-refractivity contribution < 1.29 is 14.4 Å². The predicted molar refractivity (Wildman–Crippen MR) is 96.5 cm³/mol. The zero-order chi connectivity index (χ0) is 18.9. The lowest BCUT2D eigenvalue weighted by Crippen LogP contribution is -2.55. The third kappa shape index (κ3) is 8.43. The number of rotatable bonds is 11. The van der Waals surface area contributed by atoms with Gasteiger partial charge in [-0.25, -0.2) is 0 Å². The summed E-state index contributed by atoms with van der Waals surface area (Å²) in [5.74, 6) is 0.133. The van der Waals surface area contributed by atoms with Gasteiger partial charge in [0, 0.05) is 0 Å². The Bertz CT molecular complexity index is 408. The Morgan fingerprint density at radius 2 is 1.29 bits per heavy atom. The molecular weight excluding hydrogens is 306 g/mol. The second kappa shape index (κ2) is 11.2. The van der Waals surface area contributed by atoms with Gasteiger partial charge in [0.15, 0.2) is 0 Å². The van der Waals surface area contributed by atoms with E-state index in [2.05, 4.69) is 16.0 Å². The largest absolute Gasteiger partial charge is 0.345 e. The monoisotopic (exact) mass is 341 g/mol. The van der Waals surface area contributed by atoms with Gasteiger partial charge in [0.2, 0.25) is 11.8 Å². The van der Waals surface area contributed by atoms with Gasteiger partial charge in [0.1, 0.15) is 12.3 Å². The van der Waals surface area contributed by atoms with Crippen molar-refractivity contribution in [2.45, 2.75) is 72.5 Å². The highest BCUT2D eigenvalue weighted by atomic mass is 16.2. The van der Waals surface area contributed by atoms with Crippen molar-refractivity contribution >= 4 is 18.1 Å². The molecule has 6 nitrogen and oxygen atoms in total. The number of aldehydes is 1. The first-order valence-corrected chi connectivity index (χ1v) is 8.85. The number of hydrogen-bond acceptors (Lipinski definition) is 4. The van der Waals surface area contributed by atoms with E-state index in [1.54, 1.807) is 7.05 Å². The Hall–Kier alpha value is -1.43. The molecule has 0 aliphatic carbocycles. The molecule has 140 valence electrons. The van der Waals surface area contributed by atoms with Gasteiger partial charge in [-0.3, -0.25) is 9.59 Å². The molecule has 0 saturated heterocycles. The average molecular weight is 341 g/mol. The molecule has 6 heteroatoms. The third-order valence-corrected chi connectivity index (χ3v) is 3.89. The number of hydrogen-bond donors (Lipinski definition) is 3. The fourth-order valence-electron chi connectivity index (χ4n) is 2.43. The van der Waals surface area contributed by atoms with Crippen LogP contribution in [-0.2, 0) is 14.4 Å². The highest BCUT2D eigenvalue weighted by molar-refractivity contribution is 5.90. The van der Waals surface area contributed by atoms with Crippen LogP contribution in [0.2, 0.25) is 0 Å². The molecule has 0 aliphatic heterocycles. The lowest BCUT2D eigenvalue weighted by molar-refractivity contribution is -0.131. The first-order chi connectivity index (χ1) is 11.1. The molecule has 0 aromatic rings. The van der Waals surface area contributed by atoms with Crippen molar-refractivity contribution in [3.63, 3.8) is 0 Å². The van der Waals surface area contributed by atoms with E-state index in [0.29, 0.717) is 18.8 Å². The molecule has 0 aliphatic rings. The first-order valence-electron chi connectivity index (χ1n) is 8.85. The van der Waals surface area contributed by atoms with E-state index in [1.165, 1.54) is 0 Å². The van der Waals surface area contributed by atoms with Gasteiger partial charge < -0.3 is 20.7 Å². The summed E-state index contributed by atoms with van der Waals surface area (Å²) in [6.07, 6.45) is 1.96. The van der Waals surface area contributed by atoms with Crippen LogP contribution in [0.5, 0.6) is 0 Å². The smallest absolute Gasteiger partial charge is 0.243 e. The molecule has 0 aromatic heterocycles. The van der Waals surface area contributed by atoms with E-state index < -0.39 is 12.1 Å². The SMILES string of the molecule is CN[C@@H](CC(C)C)C(=O)N[C@@H](CC(C)C)C(=O)N[C@H](C=O)C(C)C. The van der Waals surface area contributed by atoms with Gasteiger partial charge in [0.05, 0.1) is 12.1 Å². The van der Waals surface area contributed by atoms with Crippen molar-refractivity contribution in [2.75, 3.05) is 7.05 Å². The van der Waals surface area contributed by atoms with E-state index in [9.17, 15) is 14.4 Å². The van der Waals surface area contributed by atoms with Crippen molar-refractivity contribution in [3.8, 4) is 0 Å². The molecule has 0 rings (SSSR count). The molecule has 0 unspecified atom stereocenters. The maximum Gasteiger partial charge on any atom is 0.243 e. The number of carbonyl (C=O) groups excluding carboxylic acids is 3. The molecule has 0 bridgehead atoms. The van der Waals surface area contributed by atoms with Crippen LogP contribution in [0.15, 0.2) is 0 Å². The van der Waals surface area contributed by atoms with Gasteiger partial charge in [-0.05, 0) is 37.6 Å².